The van der Waals surface area contributed by atoms with E-state index in [1.807, 2.05) is 54.6 Å². The number of aromatic nitrogens is 2. The van der Waals surface area contributed by atoms with Crippen LogP contribution in [0.3, 0.4) is 0 Å². The maximum atomic E-state index is 12.6. The molecular formula is C23H26N6O3S2. The molecule has 2 N–H and O–H groups in total. The van der Waals surface area contributed by atoms with Crippen molar-refractivity contribution in [1.82, 2.24) is 20.0 Å². The molecule has 3 aromatic rings. The van der Waals surface area contributed by atoms with Crippen LogP contribution >= 0.6 is 23.1 Å². The first kappa shape index (κ1) is 23.8. The van der Waals surface area contributed by atoms with Crippen molar-refractivity contribution in [3.63, 3.8) is 0 Å². The Morgan fingerprint density at radius 2 is 1.71 bits per heavy atom. The molecule has 0 saturated carbocycles. The van der Waals surface area contributed by atoms with E-state index in [-0.39, 0.29) is 11.9 Å². The molecule has 11 heteroatoms. The number of rotatable bonds is 8. The third kappa shape index (κ3) is 6.61. The number of amides is 3. The molecule has 0 radical (unpaired) electrons. The Morgan fingerprint density at radius 1 is 1.00 bits per heavy atom. The van der Waals surface area contributed by atoms with Gasteiger partial charge in [0.1, 0.15) is 5.75 Å². The molecule has 1 aliphatic heterocycles. The zero-order chi connectivity index (χ0) is 23.8. The molecule has 2 aromatic carbocycles. The van der Waals surface area contributed by atoms with Crippen molar-refractivity contribution in [3.8, 4) is 5.75 Å². The average molecular weight is 499 g/mol. The number of piperazine rings is 1. The van der Waals surface area contributed by atoms with Gasteiger partial charge in [-0.25, -0.2) is 4.79 Å². The van der Waals surface area contributed by atoms with Gasteiger partial charge in [0.05, 0.1) is 12.9 Å². The first-order valence-electron chi connectivity index (χ1n) is 10.8. The molecule has 0 aliphatic carbocycles. The molecule has 1 fully saturated rings. The van der Waals surface area contributed by atoms with Crippen LogP contribution in [0.2, 0.25) is 0 Å². The highest BCUT2D eigenvalue weighted by molar-refractivity contribution is 8.01. The number of carbonyl (C=O) groups is 2. The van der Waals surface area contributed by atoms with Gasteiger partial charge in [0, 0.05) is 38.4 Å². The minimum atomic E-state index is -0.142. The number of urea groups is 1. The van der Waals surface area contributed by atoms with E-state index in [2.05, 4.69) is 20.8 Å². The number of thioether (sulfide) groups is 1. The van der Waals surface area contributed by atoms with Gasteiger partial charge in [-0.05, 0) is 29.8 Å². The second-order valence-corrected chi connectivity index (χ2v) is 9.73. The van der Waals surface area contributed by atoms with E-state index in [0.29, 0.717) is 43.6 Å². The number of benzene rings is 2. The summed E-state index contributed by atoms with van der Waals surface area (Å²) in [6.45, 7) is 2.68. The lowest BCUT2D eigenvalue weighted by Gasteiger charge is -2.34. The lowest BCUT2D eigenvalue weighted by atomic mass is 10.2. The van der Waals surface area contributed by atoms with Gasteiger partial charge in [-0.2, -0.15) is 0 Å². The second-order valence-electron chi connectivity index (χ2n) is 7.53. The zero-order valence-corrected chi connectivity index (χ0v) is 20.4. The molecule has 9 nitrogen and oxygen atoms in total. The number of nitrogens with zero attached hydrogens (tertiary/aromatic N) is 4. The van der Waals surface area contributed by atoms with Crippen molar-refractivity contribution in [2.75, 3.05) is 49.7 Å². The molecule has 4 rings (SSSR count). The topological polar surface area (TPSA) is 99.7 Å². The van der Waals surface area contributed by atoms with Crippen LogP contribution in [-0.4, -0.2) is 71.0 Å². The molecular weight excluding hydrogens is 472 g/mol. The highest BCUT2D eigenvalue weighted by Crippen LogP contribution is 2.26. The highest BCUT2D eigenvalue weighted by Gasteiger charge is 2.24. The van der Waals surface area contributed by atoms with Gasteiger partial charge in [0.2, 0.25) is 11.0 Å². The summed E-state index contributed by atoms with van der Waals surface area (Å²) in [4.78, 5) is 28.6. The second kappa shape index (κ2) is 11.7. The van der Waals surface area contributed by atoms with E-state index in [0.717, 1.165) is 21.3 Å². The van der Waals surface area contributed by atoms with Crippen molar-refractivity contribution < 1.29 is 14.3 Å². The number of hydrogen-bond acceptors (Lipinski definition) is 8. The van der Waals surface area contributed by atoms with E-state index in [4.69, 9.17) is 4.74 Å². The normalized spacial score (nSPS) is 13.4. The van der Waals surface area contributed by atoms with Gasteiger partial charge in [0.25, 0.3) is 0 Å². The average Bonchev–Trinajstić information content (AvgIpc) is 3.35. The number of methoxy groups -OCH3 is 1. The van der Waals surface area contributed by atoms with Gasteiger partial charge in [-0.1, -0.05) is 53.4 Å². The summed E-state index contributed by atoms with van der Waals surface area (Å²) in [6.07, 6.45) is 0. The Balaban J connectivity index is 1.17. The lowest BCUT2D eigenvalue weighted by Crippen LogP contribution is -2.52. The van der Waals surface area contributed by atoms with Crippen LogP contribution in [0.25, 0.3) is 0 Å². The Bertz CT molecular complexity index is 1090. The van der Waals surface area contributed by atoms with Crippen LogP contribution in [-0.2, 0) is 11.3 Å². The fraction of sp³-hybridized carbons (Fsp3) is 0.304. The van der Waals surface area contributed by atoms with E-state index in [1.165, 1.54) is 23.1 Å². The molecule has 0 atom stereocenters. The summed E-state index contributed by atoms with van der Waals surface area (Å²) in [6, 6.07) is 17.0. The van der Waals surface area contributed by atoms with Crippen LogP contribution in [0.15, 0.2) is 58.9 Å². The maximum absolute atomic E-state index is 12.6. The third-order valence-electron chi connectivity index (χ3n) is 5.27. The fourth-order valence-electron chi connectivity index (χ4n) is 3.36. The molecule has 0 bridgehead atoms. The Kier molecular flexibility index (Phi) is 8.21. The van der Waals surface area contributed by atoms with Crippen LogP contribution in [0, 0.1) is 0 Å². The molecule has 0 spiro atoms. The SMILES string of the molecule is COc1ccc(CNc2nnc(SCC(=O)N3CCN(C(=O)Nc4ccccc4)CC3)s2)cc1. The molecule has 1 saturated heterocycles. The van der Waals surface area contributed by atoms with Gasteiger partial charge < -0.3 is 25.2 Å². The monoisotopic (exact) mass is 498 g/mol. The van der Waals surface area contributed by atoms with Gasteiger partial charge >= 0.3 is 6.03 Å². The molecule has 178 valence electrons. The van der Waals surface area contributed by atoms with Crippen LogP contribution in [0.4, 0.5) is 15.6 Å². The summed E-state index contributed by atoms with van der Waals surface area (Å²) >= 11 is 2.81. The molecule has 0 unspecified atom stereocenters. The summed E-state index contributed by atoms with van der Waals surface area (Å²) in [5, 5.41) is 15.2. The van der Waals surface area contributed by atoms with Gasteiger partial charge in [0.15, 0.2) is 4.34 Å². The first-order chi connectivity index (χ1) is 16.6. The van der Waals surface area contributed by atoms with E-state index in [1.54, 1.807) is 16.9 Å². The Morgan fingerprint density at radius 3 is 2.41 bits per heavy atom. The fourth-order valence-corrected chi connectivity index (χ4v) is 5.01. The summed E-state index contributed by atoms with van der Waals surface area (Å²) in [5.41, 5.74) is 1.87. The minimum absolute atomic E-state index is 0.0380. The van der Waals surface area contributed by atoms with Crippen molar-refractivity contribution in [2.24, 2.45) is 0 Å². The number of nitrogens with one attached hydrogen (secondary N) is 2. The first-order valence-corrected chi connectivity index (χ1v) is 12.6. The molecule has 1 aliphatic rings. The third-order valence-corrected chi connectivity index (χ3v) is 7.27. The van der Waals surface area contributed by atoms with E-state index < -0.39 is 0 Å². The van der Waals surface area contributed by atoms with E-state index in [9.17, 15) is 9.59 Å². The van der Waals surface area contributed by atoms with Gasteiger partial charge in [-0.3, -0.25) is 4.79 Å². The number of carbonyl (C=O) groups excluding carboxylic acids is 2. The maximum Gasteiger partial charge on any atom is 0.321 e. The summed E-state index contributed by atoms with van der Waals surface area (Å²) in [7, 11) is 1.64. The quantitative estimate of drug-likeness (QED) is 0.458. The highest BCUT2D eigenvalue weighted by atomic mass is 32.2. The van der Waals surface area contributed by atoms with Crippen molar-refractivity contribution >= 4 is 45.9 Å². The summed E-state index contributed by atoms with van der Waals surface area (Å²) in [5.74, 6) is 1.15. The van der Waals surface area contributed by atoms with Crippen molar-refractivity contribution in [1.29, 1.82) is 0 Å². The minimum Gasteiger partial charge on any atom is -0.497 e. The number of hydrogen-bond donors (Lipinski definition) is 2. The molecule has 3 amide bonds. The Hall–Kier alpha value is -3.31. The van der Waals surface area contributed by atoms with Crippen LogP contribution in [0.1, 0.15) is 5.56 Å². The number of para-hydroxylation sites is 1. The predicted molar refractivity (Wildman–Crippen MR) is 135 cm³/mol. The van der Waals surface area contributed by atoms with Crippen molar-refractivity contribution in [2.45, 2.75) is 10.9 Å². The number of anilines is 2. The predicted octanol–water partition coefficient (Wildman–Crippen LogP) is 3.63. The Labute approximate surface area is 206 Å². The van der Waals surface area contributed by atoms with Crippen LogP contribution < -0.4 is 15.4 Å². The lowest BCUT2D eigenvalue weighted by molar-refractivity contribution is -0.129. The smallest absolute Gasteiger partial charge is 0.321 e. The standard InChI is InChI=1S/C23H26N6O3S2/c1-32-19-9-7-17(8-10-19)15-24-21-26-27-23(34-21)33-16-20(30)28-11-13-29(14-12-28)22(31)25-18-5-3-2-4-6-18/h2-10H,11-16H2,1H3,(H,24,26)(H,25,31). The van der Waals surface area contributed by atoms with E-state index >= 15 is 0 Å². The molecule has 1 aromatic heterocycles. The van der Waals surface area contributed by atoms with Crippen molar-refractivity contribution in [3.05, 3.63) is 60.2 Å². The zero-order valence-electron chi connectivity index (χ0n) is 18.8. The molecule has 2 heterocycles. The van der Waals surface area contributed by atoms with Gasteiger partial charge in [-0.15, -0.1) is 10.2 Å². The largest absolute Gasteiger partial charge is 0.497 e. The molecule has 34 heavy (non-hydrogen) atoms. The van der Waals surface area contributed by atoms with Crippen LogP contribution in [0.5, 0.6) is 5.75 Å². The summed E-state index contributed by atoms with van der Waals surface area (Å²) < 4.78 is 5.91. The number of ether oxygens (including phenoxy) is 1.